The molecule has 4 fully saturated rings. The molecule has 9 rings (SSSR count). The van der Waals surface area contributed by atoms with Crippen molar-refractivity contribution in [2.75, 3.05) is 50.1 Å². The van der Waals surface area contributed by atoms with Crippen molar-refractivity contribution in [1.82, 2.24) is 9.88 Å². The number of ether oxygens (including phenoxy) is 3. The quantitative estimate of drug-likeness (QED) is 0.219. The molecule has 0 radical (unpaired) electrons. The molecule has 13 heteroatoms. The standard InChI is InChI=1S/C38H37ClF2N6O3S/c39-31-24(23-4-5-27(41)34-29(23)25(17-42)35(44)51-34)14-28-30-32(26(18-43)36(45-28)49-20-37-7-2-10-46(37)19-21(40)15-37)47(11-3-12-48-33(30)31)22-6-13-50-38(16-22)8-1-9-38/h4-5,14,21-22H,1-3,6-13,15-16,19-20,44H2/t21-,22?,37?/m1/s1. The molecule has 1 saturated carbocycles. The van der Waals surface area contributed by atoms with Gasteiger partial charge in [-0.05, 0) is 75.6 Å². The molecule has 2 N–H and O–H groups in total. The summed E-state index contributed by atoms with van der Waals surface area (Å²) in [5, 5.41) is 22.5. The molecule has 1 aliphatic carbocycles. The highest BCUT2D eigenvalue weighted by Gasteiger charge is 2.50. The molecule has 264 valence electrons. The first kappa shape index (κ1) is 32.9. The van der Waals surface area contributed by atoms with Crippen LogP contribution in [-0.4, -0.2) is 72.7 Å². The normalized spacial score (nSPS) is 25.5. The van der Waals surface area contributed by atoms with E-state index in [9.17, 15) is 14.9 Å². The first-order valence-electron chi connectivity index (χ1n) is 17.8. The molecular weight excluding hydrogens is 694 g/mol. The summed E-state index contributed by atoms with van der Waals surface area (Å²) in [5.74, 6) is 0.0738. The number of hydrogen-bond donors (Lipinski definition) is 1. The summed E-state index contributed by atoms with van der Waals surface area (Å²) in [4.78, 5) is 9.52. The van der Waals surface area contributed by atoms with Crippen LogP contribution < -0.4 is 20.1 Å². The summed E-state index contributed by atoms with van der Waals surface area (Å²) in [5.41, 5.74) is 8.26. The van der Waals surface area contributed by atoms with Gasteiger partial charge in [-0.15, -0.1) is 11.3 Å². The number of nitriles is 2. The van der Waals surface area contributed by atoms with Crippen LogP contribution >= 0.6 is 22.9 Å². The first-order chi connectivity index (χ1) is 24.7. The van der Waals surface area contributed by atoms with Gasteiger partial charge in [0.2, 0.25) is 5.88 Å². The van der Waals surface area contributed by atoms with E-state index in [-0.39, 0.29) is 44.4 Å². The van der Waals surface area contributed by atoms with Crippen molar-refractivity contribution >= 4 is 54.6 Å². The number of rotatable bonds is 5. The second kappa shape index (κ2) is 12.3. The van der Waals surface area contributed by atoms with Gasteiger partial charge in [0.05, 0.1) is 49.6 Å². The predicted octanol–water partition coefficient (Wildman–Crippen LogP) is 7.88. The highest BCUT2D eigenvalue weighted by molar-refractivity contribution is 7.23. The lowest BCUT2D eigenvalue weighted by Crippen LogP contribution is -2.52. The van der Waals surface area contributed by atoms with Gasteiger partial charge in [-0.1, -0.05) is 17.7 Å². The number of anilines is 2. The zero-order valence-corrected chi connectivity index (χ0v) is 29.6. The Labute approximate surface area is 303 Å². The second-order valence-corrected chi connectivity index (χ2v) is 16.2. The number of aromatic nitrogens is 1. The van der Waals surface area contributed by atoms with Crippen LogP contribution in [-0.2, 0) is 4.74 Å². The number of pyridine rings is 1. The van der Waals surface area contributed by atoms with E-state index in [1.807, 2.05) is 6.07 Å². The van der Waals surface area contributed by atoms with Crippen molar-refractivity contribution < 1.29 is 23.0 Å². The Morgan fingerprint density at radius 3 is 2.69 bits per heavy atom. The summed E-state index contributed by atoms with van der Waals surface area (Å²) in [6.07, 6.45) is 6.74. The Morgan fingerprint density at radius 2 is 1.90 bits per heavy atom. The SMILES string of the molecule is N#Cc1c(OCC23CCCN2C[C@H](F)C3)nc2cc(-c3ccc(F)c4sc(N)c(C#N)c34)c(Cl)c3c2c1N(C1CCOC2(CCC2)C1)CCCO3. The summed E-state index contributed by atoms with van der Waals surface area (Å²) < 4.78 is 49.5. The van der Waals surface area contributed by atoms with Crippen LogP contribution in [0.3, 0.4) is 0 Å². The molecule has 2 aromatic carbocycles. The van der Waals surface area contributed by atoms with Crippen LogP contribution in [0.2, 0.25) is 5.02 Å². The summed E-state index contributed by atoms with van der Waals surface area (Å²) in [6.45, 7) is 3.07. The van der Waals surface area contributed by atoms with Gasteiger partial charge in [-0.3, -0.25) is 4.90 Å². The fourth-order valence-electron chi connectivity index (χ4n) is 9.40. The van der Waals surface area contributed by atoms with E-state index in [0.717, 1.165) is 62.8 Å². The van der Waals surface area contributed by atoms with E-state index in [1.54, 1.807) is 6.07 Å². The maximum atomic E-state index is 15.1. The van der Waals surface area contributed by atoms with Crippen LogP contribution in [0, 0.1) is 28.5 Å². The van der Waals surface area contributed by atoms with Crippen LogP contribution in [0.4, 0.5) is 19.5 Å². The highest BCUT2D eigenvalue weighted by Crippen LogP contribution is 2.53. The van der Waals surface area contributed by atoms with Gasteiger partial charge in [0, 0.05) is 43.1 Å². The molecule has 51 heavy (non-hydrogen) atoms. The Kier molecular flexibility index (Phi) is 7.97. The van der Waals surface area contributed by atoms with Gasteiger partial charge >= 0.3 is 0 Å². The lowest BCUT2D eigenvalue weighted by Gasteiger charge is -2.50. The van der Waals surface area contributed by atoms with E-state index >= 15 is 4.39 Å². The fourth-order valence-corrected chi connectivity index (χ4v) is 10.7. The number of nitrogen functional groups attached to an aromatic ring is 1. The summed E-state index contributed by atoms with van der Waals surface area (Å²) in [7, 11) is 0. The third kappa shape index (κ3) is 5.13. The van der Waals surface area contributed by atoms with Crippen LogP contribution in [0.25, 0.3) is 32.1 Å². The molecule has 3 saturated heterocycles. The van der Waals surface area contributed by atoms with Crippen molar-refractivity contribution in [1.29, 1.82) is 10.5 Å². The maximum absolute atomic E-state index is 15.1. The molecule has 4 aliphatic heterocycles. The lowest BCUT2D eigenvalue weighted by atomic mass is 9.73. The van der Waals surface area contributed by atoms with Crippen molar-refractivity contribution in [2.45, 2.75) is 81.1 Å². The lowest BCUT2D eigenvalue weighted by molar-refractivity contribution is -0.132. The molecule has 6 heterocycles. The zero-order valence-electron chi connectivity index (χ0n) is 28.1. The third-order valence-electron chi connectivity index (χ3n) is 11.9. The average molecular weight is 731 g/mol. The number of nitrogens with two attached hydrogens (primary N) is 1. The Bertz CT molecular complexity index is 2180. The number of halogens is 3. The summed E-state index contributed by atoms with van der Waals surface area (Å²) >= 11 is 8.33. The Balaban J connectivity index is 1.27. The number of nitrogens with zero attached hydrogens (tertiary/aromatic N) is 5. The molecule has 9 nitrogen and oxygen atoms in total. The first-order valence-corrected chi connectivity index (χ1v) is 19.0. The molecule has 0 bridgehead atoms. The monoisotopic (exact) mass is 730 g/mol. The molecule has 2 aromatic heterocycles. The molecule has 0 amide bonds. The zero-order chi connectivity index (χ0) is 35.1. The van der Waals surface area contributed by atoms with E-state index in [2.05, 4.69) is 21.9 Å². The minimum Gasteiger partial charge on any atom is -0.491 e. The predicted molar refractivity (Wildman–Crippen MR) is 193 cm³/mol. The topological polar surface area (TPSA) is 121 Å². The van der Waals surface area contributed by atoms with Gasteiger partial charge in [0.1, 0.15) is 47.0 Å². The molecule has 5 aliphatic rings. The Hall–Kier alpha value is -3.94. The molecule has 1 spiro atoms. The molecule has 4 aromatic rings. The van der Waals surface area contributed by atoms with E-state index in [0.29, 0.717) is 83.6 Å². The van der Waals surface area contributed by atoms with Crippen molar-refractivity contribution in [2.24, 2.45) is 0 Å². The van der Waals surface area contributed by atoms with E-state index < -0.39 is 17.5 Å². The fraction of sp³-hybridized carbons (Fsp3) is 0.500. The van der Waals surface area contributed by atoms with Crippen molar-refractivity contribution in [3.05, 3.63) is 40.2 Å². The van der Waals surface area contributed by atoms with Gasteiger partial charge < -0.3 is 24.8 Å². The highest BCUT2D eigenvalue weighted by atomic mass is 35.5. The van der Waals surface area contributed by atoms with Gasteiger partial charge in [0.15, 0.2) is 0 Å². The van der Waals surface area contributed by atoms with Crippen molar-refractivity contribution in [3.63, 3.8) is 0 Å². The number of hydrogen-bond acceptors (Lipinski definition) is 10. The van der Waals surface area contributed by atoms with Crippen molar-refractivity contribution in [3.8, 4) is 34.9 Å². The second-order valence-electron chi connectivity index (χ2n) is 14.8. The van der Waals surface area contributed by atoms with Gasteiger partial charge in [-0.25, -0.2) is 13.8 Å². The number of fused-ring (bicyclic) bond motifs is 2. The Morgan fingerprint density at radius 1 is 1.06 bits per heavy atom. The number of alkyl halides is 1. The maximum Gasteiger partial charge on any atom is 0.234 e. The smallest absolute Gasteiger partial charge is 0.234 e. The molecule has 3 atom stereocenters. The largest absolute Gasteiger partial charge is 0.491 e. The van der Waals surface area contributed by atoms with Gasteiger partial charge in [0.25, 0.3) is 0 Å². The van der Waals surface area contributed by atoms with E-state index in [1.165, 1.54) is 6.07 Å². The molecular formula is C38H37ClF2N6O3S. The van der Waals surface area contributed by atoms with Crippen LogP contribution in [0.15, 0.2) is 18.2 Å². The minimum atomic E-state index is -0.924. The molecule has 2 unspecified atom stereocenters. The number of benzene rings is 2. The number of thiophene rings is 1. The summed E-state index contributed by atoms with van der Waals surface area (Å²) in [6, 6.07) is 9.47. The van der Waals surface area contributed by atoms with Crippen LogP contribution in [0.1, 0.15) is 68.9 Å². The third-order valence-corrected chi connectivity index (χ3v) is 13.3. The minimum absolute atomic E-state index is 0.101. The van der Waals surface area contributed by atoms with Gasteiger partial charge in [-0.2, -0.15) is 10.5 Å². The van der Waals surface area contributed by atoms with E-state index in [4.69, 9.17) is 36.5 Å². The average Bonchev–Trinajstić information content (AvgIpc) is 3.75. The van der Waals surface area contributed by atoms with Crippen LogP contribution in [0.5, 0.6) is 11.6 Å².